The minimum atomic E-state index is -0.589. The molecule has 3 aromatic carbocycles. The Morgan fingerprint density at radius 3 is 2.51 bits per heavy atom. The van der Waals surface area contributed by atoms with Gasteiger partial charge in [-0.2, -0.15) is 0 Å². The summed E-state index contributed by atoms with van der Waals surface area (Å²) >= 11 is 7.83. The molecule has 0 aliphatic heterocycles. The molecule has 0 atom stereocenters. The van der Waals surface area contributed by atoms with Gasteiger partial charge >= 0.3 is 0 Å². The van der Waals surface area contributed by atoms with Gasteiger partial charge in [-0.3, -0.25) is 14.4 Å². The number of aryl methyl sites for hydroxylation is 1. The zero-order chi connectivity index (χ0) is 26.8. The molecule has 0 unspecified atom stereocenters. The van der Waals surface area contributed by atoms with Crippen molar-refractivity contribution in [2.45, 2.75) is 19.2 Å². The Morgan fingerprint density at radius 2 is 1.81 bits per heavy atom. The number of benzene rings is 3. The summed E-state index contributed by atoms with van der Waals surface area (Å²) in [6.45, 7) is 1.89. The first-order chi connectivity index (χ1) is 17.7. The standard InChI is InChI=1S/C27H29ClN4O4S/c1-18-8-9-20(24(10-18)36-16-25(29)33)14-31-27(35)21-11-22(28)13-23(12-21)32(15-26(34)30-2)37-17-19-6-4-3-5-7-19/h3-13H,14-17H2,1-2H3,(H2,29,33)(H,30,34)(H,31,35). The molecule has 0 spiro atoms. The van der Waals surface area contributed by atoms with Crippen LogP contribution < -0.4 is 25.4 Å². The molecule has 0 saturated heterocycles. The fourth-order valence-corrected chi connectivity index (χ4v) is 4.56. The SMILES string of the molecule is CNC(=O)CN(SCc1ccccc1)c1cc(Cl)cc(C(=O)NCc2ccc(C)cc2OCC(N)=O)c1. The number of hydrogen-bond donors (Lipinski definition) is 3. The molecular weight excluding hydrogens is 512 g/mol. The van der Waals surface area contributed by atoms with E-state index in [1.165, 1.54) is 11.9 Å². The maximum atomic E-state index is 13.1. The van der Waals surface area contributed by atoms with Crippen molar-refractivity contribution in [3.63, 3.8) is 0 Å². The first kappa shape index (κ1) is 27.9. The maximum absolute atomic E-state index is 13.1. The van der Waals surface area contributed by atoms with Crippen LogP contribution in [0.15, 0.2) is 66.7 Å². The van der Waals surface area contributed by atoms with E-state index in [1.807, 2.05) is 53.7 Å². The lowest BCUT2D eigenvalue weighted by Crippen LogP contribution is -2.32. The molecule has 0 radical (unpaired) electrons. The number of amides is 3. The monoisotopic (exact) mass is 540 g/mol. The van der Waals surface area contributed by atoms with E-state index in [0.29, 0.717) is 33.3 Å². The van der Waals surface area contributed by atoms with Crippen LogP contribution in [0.4, 0.5) is 5.69 Å². The lowest BCUT2D eigenvalue weighted by molar-refractivity contribution is -0.120. The van der Waals surface area contributed by atoms with Gasteiger partial charge in [0, 0.05) is 41.2 Å². The van der Waals surface area contributed by atoms with Gasteiger partial charge in [-0.1, -0.05) is 54.1 Å². The molecule has 4 N–H and O–H groups in total. The molecule has 3 amide bonds. The Labute approximate surface area is 225 Å². The third kappa shape index (κ3) is 8.73. The molecule has 3 rings (SSSR count). The molecule has 0 heterocycles. The summed E-state index contributed by atoms with van der Waals surface area (Å²) in [6.07, 6.45) is 0. The molecule has 0 saturated carbocycles. The molecule has 8 nitrogen and oxygen atoms in total. The second-order valence-corrected chi connectivity index (χ2v) is 9.64. The van der Waals surface area contributed by atoms with Crippen LogP contribution in [0.25, 0.3) is 0 Å². The Bertz CT molecular complexity index is 1260. The van der Waals surface area contributed by atoms with E-state index in [4.69, 9.17) is 22.1 Å². The molecule has 0 fully saturated rings. The van der Waals surface area contributed by atoms with E-state index in [0.717, 1.165) is 11.1 Å². The number of ether oxygens (including phenoxy) is 1. The fraction of sp³-hybridized carbons (Fsp3) is 0.222. The van der Waals surface area contributed by atoms with Gasteiger partial charge in [-0.05, 0) is 54.3 Å². The van der Waals surface area contributed by atoms with Crippen LogP contribution in [-0.2, 0) is 21.9 Å². The second kappa shape index (κ2) is 13.6. The van der Waals surface area contributed by atoms with Crippen molar-refractivity contribution in [2.24, 2.45) is 5.73 Å². The highest BCUT2D eigenvalue weighted by Gasteiger charge is 2.17. The first-order valence-electron chi connectivity index (χ1n) is 11.5. The summed E-state index contributed by atoms with van der Waals surface area (Å²) in [5.41, 5.74) is 8.91. The number of hydrogen-bond acceptors (Lipinski definition) is 6. The van der Waals surface area contributed by atoms with Crippen molar-refractivity contribution in [3.05, 3.63) is 94.0 Å². The van der Waals surface area contributed by atoms with E-state index < -0.39 is 5.91 Å². The molecule has 0 aliphatic rings. The minimum absolute atomic E-state index is 0.0827. The highest BCUT2D eigenvalue weighted by Crippen LogP contribution is 2.29. The number of rotatable bonds is 12. The van der Waals surface area contributed by atoms with Crippen molar-refractivity contribution in [3.8, 4) is 5.75 Å². The Hall–Kier alpha value is -3.69. The number of likely N-dealkylation sites (N-methyl/N-ethyl adjacent to an activating group) is 1. The highest BCUT2D eigenvalue weighted by molar-refractivity contribution is 7.99. The van der Waals surface area contributed by atoms with Gasteiger partial charge < -0.3 is 25.4 Å². The Kier molecular flexibility index (Phi) is 10.2. The number of halogens is 1. The van der Waals surface area contributed by atoms with Crippen molar-refractivity contribution in [2.75, 3.05) is 24.5 Å². The Balaban J connectivity index is 1.77. The number of nitrogens with two attached hydrogens (primary N) is 1. The van der Waals surface area contributed by atoms with Gasteiger partial charge in [0.05, 0.1) is 0 Å². The predicted octanol–water partition coefficient (Wildman–Crippen LogP) is 3.84. The van der Waals surface area contributed by atoms with E-state index in [2.05, 4.69) is 10.6 Å². The number of nitrogens with one attached hydrogen (secondary N) is 2. The van der Waals surface area contributed by atoms with E-state index >= 15 is 0 Å². The van der Waals surface area contributed by atoms with Gasteiger partial charge in [0.2, 0.25) is 5.91 Å². The molecule has 37 heavy (non-hydrogen) atoms. The molecule has 0 aromatic heterocycles. The molecular formula is C27H29ClN4O4S. The van der Waals surface area contributed by atoms with Crippen molar-refractivity contribution in [1.29, 1.82) is 0 Å². The normalized spacial score (nSPS) is 10.5. The van der Waals surface area contributed by atoms with Crippen LogP contribution in [0.1, 0.15) is 27.0 Å². The van der Waals surface area contributed by atoms with Crippen molar-refractivity contribution >= 4 is 47.0 Å². The van der Waals surface area contributed by atoms with E-state index in [9.17, 15) is 14.4 Å². The summed E-state index contributed by atoms with van der Waals surface area (Å²) in [5, 5.41) is 5.87. The maximum Gasteiger partial charge on any atom is 0.255 e. The average Bonchev–Trinajstić information content (AvgIpc) is 2.89. The lowest BCUT2D eigenvalue weighted by Gasteiger charge is -2.23. The summed E-state index contributed by atoms with van der Waals surface area (Å²) in [6, 6.07) is 20.3. The van der Waals surface area contributed by atoms with Crippen LogP contribution in [0, 0.1) is 6.92 Å². The van der Waals surface area contributed by atoms with Crippen LogP contribution in [0.2, 0.25) is 5.02 Å². The predicted molar refractivity (Wildman–Crippen MR) is 148 cm³/mol. The van der Waals surface area contributed by atoms with E-state index in [1.54, 1.807) is 31.3 Å². The van der Waals surface area contributed by atoms with Gasteiger partial charge in [-0.15, -0.1) is 0 Å². The van der Waals surface area contributed by atoms with Crippen molar-refractivity contribution in [1.82, 2.24) is 10.6 Å². The average molecular weight is 541 g/mol. The van der Waals surface area contributed by atoms with Gasteiger partial charge in [0.15, 0.2) is 6.61 Å². The van der Waals surface area contributed by atoms with Crippen LogP contribution in [0.3, 0.4) is 0 Å². The molecule has 10 heteroatoms. The summed E-state index contributed by atoms with van der Waals surface area (Å²) in [4.78, 5) is 36.4. The molecule has 0 bridgehead atoms. The Morgan fingerprint density at radius 1 is 1.05 bits per heavy atom. The third-order valence-corrected chi connectivity index (χ3v) is 6.59. The summed E-state index contributed by atoms with van der Waals surface area (Å²) in [5.74, 6) is -0.00484. The van der Waals surface area contributed by atoms with Gasteiger partial charge in [0.25, 0.3) is 11.8 Å². The quantitative estimate of drug-likeness (QED) is 0.301. The number of nitrogens with zero attached hydrogens (tertiary/aromatic N) is 1. The van der Waals surface area contributed by atoms with Crippen LogP contribution in [0.5, 0.6) is 5.75 Å². The summed E-state index contributed by atoms with van der Waals surface area (Å²) < 4.78 is 7.31. The zero-order valence-electron chi connectivity index (χ0n) is 20.6. The summed E-state index contributed by atoms with van der Waals surface area (Å²) in [7, 11) is 1.58. The lowest BCUT2D eigenvalue weighted by atomic mass is 10.1. The zero-order valence-corrected chi connectivity index (χ0v) is 22.2. The molecule has 0 aliphatic carbocycles. The van der Waals surface area contributed by atoms with E-state index in [-0.39, 0.29) is 31.5 Å². The topological polar surface area (TPSA) is 114 Å². The first-order valence-corrected chi connectivity index (χ1v) is 12.8. The number of carbonyl (C=O) groups is 3. The smallest absolute Gasteiger partial charge is 0.255 e. The van der Waals surface area contributed by atoms with Crippen LogP contribution in [-0.4, -0.2) is 37.9 Å². The van der Waals surface area contributed by atoms with Crippen LogP contribution >= 0.6 is 23.5 Å². The molecule has 3 aromatic rings. The third-order valence-electron chi connectivity index (χ3n) is 5.26. The minimum Gasteiger partial charge on any atom is -0.483 e. The number of carbonyl (C=O) groups excluding carboxylic acids is 3. The second-order valence-electron chi connectivity index (χ2n) is 8.22. The largest absolute Gasteiger partial charge is 0.483 e. The number of primary amides is 1. The van der Waals surface area contributed by atoms with Gasteiger partial charge in [-0.25, -0.2) is 0 Å². The number of anilines is 1. The highest BCUT2D eigenvalue weighted by atomic mass is 35.5. The molecule has 194 valence electrons. The van der Waals surface area contributed by atoms with Gasteiger partial charge in [0.1, 0.15) is 12.3 Å². The van der Waals surface area contributed by atoms with Crippen molar-refractivity contribution < 1.29 is 19.1 Å². The fourth-order valence-electron chi connectivity index (χ4n) is 3.37.